The van der Waals surface area contributed by atoms with Crippen LogP contribution in [0.15, 0.2) is 4.99 Å². The summed E-state index contributed by atoms with van der Waals surface area (Å²) in [6.45, 7) is 10.4. The summed E-state index contributed by atoms with van der Waals surface area (Å²) < 4.78 is 0. The van der Waals surface area contributed by atoms with E-state index in [4.69, 9.17) is 4.99 Å². The van der Waals surface area contributed by atoms with Crippen molar-refractivity contribution in [1.29, 1.82) is 0 Å². The van der Waals surface area contributed by atoms with Gasteiger partial charge in [0.25, 0.3) is 0 Å². The first-order valence-electron chi connectivity index (χ1n) is 9.63. The Hall–Kier alpha value is -0.530. The molecule has 2 rings (SSSR count). The van der Waals surface area contributed by atoms with E-state index in [0.29, 0.717) is 18.4 Å². The second kappa shape index (κ2) is 9.97. The Bertz CT molecular complexity index is 450. The number of nitrogens with zero attached hydrogens (tertiary/aromatic N) is 3. The fourth-order valence-corrected chi connectivity index (χ4v) is 4.45. The zero-order chi connectivity index (χ0) is 17.7. The van der Waals surface area contributed by atoms with Gasteiger partial charge < -0.3 is 15.1 Å². The summed E-state index contributed by atoms with van der Waals surface area (Å²) in [5, 5.41) is 3.45. The summed E-state index contributed by atoms with van der Waals surface area (Å²) in [6, 6.07) is 0. The predicted molar refractivity (Wildman–Crippen MR) is 116 cm³/mol. The van der Waals surface area contributed by atoms with Crippen LogP contribution in [0.3, 0.4) is 0 Å². The summed E-state index contributed by atoms with van der Waals surface area (Å²) in [4.78, 5) is 21.8. The van der Waals surface area contributed by atoms with Gasteiger partial charge in [-0.05, 0) is 38.0 Å². The van der Waals surface area contributed by atoms with Gasteiger partial charge in [0, 0.05) is 33.7 Å². The van der Waals surface area contributed by atoms with E-state index in [2.05, 4.69) is 31.0 Å². The van der Waals surface area contributed by atoms with Crippen LogP contribution in [-0.4, -0.2) is 61.9 Å². The van der Waals surface area contributed by atoms with Crippen LogP contribution >= 0.6 is 24.0 Å². The van der Waals surface area contributed by atoms with Gasteiger partial charge in [0.15, 0.2) is 5.96 Å². The fourth-order valence-electron chi connectivity index (χ4n) is 4.45. The number of amides is 1. The van der Waals surface area contributed by atoms with Crippen molar-refractivity contribution in [3.8, 4) is 0 Å². The van der Waals surface area contributed by atoms with Gasteiger partial charge in [-0.1, -0.05) is 26.7 Å². The third-order valence-electron chi connectivity index (χ3n) is 5.46. The van der Waals surface area contributed by atoms with Crippen LogP contribution in [0.1, 0.15) is 52.9 Å². The second-order valence-electron chi connectivity index (χ2n) is 8.21. The first-order chi connectivity index (χ1) is 11.4. The first-order valence-corrected chi connectivity index (χ1v) is 9.63. The van der Waals surface area contributed by atoms with E-state index in [1.807, 2.05) is 14.1 Å². The third-order valence-corrected chi connectivity index (χ3v) is 5.46. The predicted octanol–water partition coefficient (Wildman–Crippen LogP) is 3.20. The molecule has 0 bridgehead atoms. The van der Waals surface area contributed by atoms with E-state index >= 15 is 0 Å². The highest BCUT2D eigenvalue weighted by Crippen LogP contribution is 2.39. The summed E-state index contributed by atoms with van der Waals surface area (Å²) in [6.07, 6.45) is 5.52. The van der Waals surface area contributed by atoms with Crippen molar-refractivity contribution in [3.63, 3.8) is 0 Å². The summed E-state index contributed by atoms with van der Waals surface area (Å²) in [5.74, 6) is 2.64. The summed E-state index contributed by atoms with van der Waals surface area (Å²) in [5.41, 5.74) is -0.281. The van der Waals surface area contributed by atoms with Gasteiger partial charge in [-0.15, -0.1) is 24.0 Å². The zero-order valence-electron chi connectivity index (χ0n) is 16.7. The van der Waals surface area contributed by atoms with Crippen LogP contribution in [0, 0.1) is 17.3 Å². The molecule has 1 heterocycles. The van der Waals surface area contributed by atoms with Crippen LogP contribution in [0.2, 0.25) is 0 Å². The Balaban J connectivity index is 0.00000312. The Morgan fingerprint density at radius 2 is 1.76 bits per heavy atom. The number of piperidine rings is 1. The Morgan fingerprint density at radius 1 is 1.20 bits per heavy atom. The first kappa shape index (κ1) is 22.5. The Labute approximate surface area is 171 Å². The highest BCUT2D eigenvalue weighted by atomic mass is 127. The molecule has 146 valence electrons. The van der Waals surface area contributed by atoms with E-state index in [1.165, 1.54) is 6.42 Å². The van der Waals surface area contributed by atoms with E-state index < -0.39 is 0 Å². The average molecular weight is 464 g/mol. The molecule has 2 aliphatic rings. The van der Waals surface area contributed by atoms with Crippen molar-refractivity contribution in [2.75, 3.05) is 40.3 Å². The van der Waals surface area contributed by atoms with Crippen LogP contribution in [0.4, 0.5) is 0 Å². The molecule has 0 radical (unpaired) electrons. The van der Waals surface area contributed by atoms with Crippen molar-refractivity contribution in [2.45, 2.75) is 52.9 Å². The van der Waals surface area contributed by atoms with Gasteiger partial charge >= 0.3 is 0 Å². The SMILES string of the molecule is CCNC(=NCC1(C(=O)N(C)C)CCCC1)N1CC(C)CC(C)C1.I. The number of halogens is 1. The monoisotopic (exact) mass is 464 g/mol. The van der Waals surface area contributed by atoms with Gasteiger partial charge in [0.2, 0.25) is 5.91 Å². The summed E-state index contributed by atoms with van der Waals surface area (Å²) in [7, 11) is 3.73. The molecule has 0 spiro atoms. The molecule has 1 aliphatic heterocycles. The van der Waals surface area contributed by atoms with Gasteiger partial charge in [0.1, 0.15) is 0 Å². The minimum atomic E-state index is -0.281. The number of likely N-dealkylation sites (tertiary alicyclic amines) is 1. The smallest absolute Gasteiger partial charge is 0.230 e. The van der Waals surface area contributed by atoms with Crippen LogP contribution in [0.25, 0.3) is 0 Å². The molecule has 0 aromatic heterocycles. The lowest BCUT2D eigenvalue weighted by molar-refractivity contribution is -0.138. The highest BCUT2D eigenvalue weighted by molar-refractivity contribution is 14.0. The van der Waals surface area contributed by atoms with Crippen molar-refractivity contribution in [2.24, 2.45) is 22.2 Å². The molecule has 2 atom stereocenters. The van der Waals surface area contributed by atoms with Gasteiger partial charge in [-0.2, -0.15) is 0 Å². The number of nitrogens with one attached hydrogen (secondary N) is 1. The topological polar surface area (TPSA) is 47.9 Å². The van der Waals surface area contributed by atoms with E-state index in [-0.39, 0.29) is 35.3 Å². The molecule has 1 saturated heterocycles. The third kappa shape index (κ3) is 5.73. The molecule has 2 unspecified atom stereocenters. The molecule has 2 fully saturated rings. The number of carbonyl (C=O) groups is 1. The quantitative estimate of drug-likeness (QED) is 0.395. The molecule has 25 heavy (non-hydrogen) atoms. The molecular formula is C19H37IN4O. The molecule has 1 saturated carbocycles. The minimum absolute atomic E-state index is 0. The van der Waals surface area contributed by atoms with Crippen molar-refractivity contribution in [3.05, 3.63) is 0 Å². The van der Waals surface area contributed by atoms with Crippen molar-refractivity contribution >= 4 is 35.8 Å². The van der Waals surface area contributed by atoms with Crippen molar-refractivity contribution in [1.82, 2.24) is 15.1 Å². The minimum Gasteiger partial charge on any atom is -0.357 e. The second-order valence-corrected chi connectivity index (χ2v) is 8.21. The number of hydrogen-bond donors (Lipinski definition) is 1. The maximum atomic E-state index is 12.7. The lowest BCUT2D eigenvalue weighted by atomic mass is 9.84. The largest absolute Gasteiger partial charge is 0.357 e. The number of rotatable bonds is 4. The van der Waals surface area contributed by atoms with Crippen LogP contribution in [-0.2, 0) is 4.79 Å². The van der Waals surface area contributed by atoms with Crippen LogP contribution < -0.4 is 5.32 Å². The van der Waals surface area contributed by atoms with Crippen LogP contribution in [0.5, 0.6) is 0 Å². The van der Waals surface area contributed by atoms with Gasteiger partial charge in [0.05, 0.1) is 12.0 Å². The number of aliphatic imine (C=N–C) groups is 1. The Kier molecular flexibility index (Phi) is 8.98. The fraction of sp³-hybridized carbons (Fsp3) is 0.895. The molecule has 6 heteroatoms. The van der Waals surface area contributed by atoms with E-state index in [9.17, 15) is 4.79 Å². The maximum Gasteiger partial charge on any atom is 0.230 e. The molecule has 1 amide bonds. The van der Waals surface area contributed by atoms with Gasteiger partial charge in [-0.3, -0.25) is 9.79 Å². The normalized spacial score (nSPS) is 26.1. The lowest BCUT2D eigenvalue weighted by Crippen LogP contribution is -2.49. The highest BCUT2D eigenvalue weighted by Gasteiger charge is 2.42. The molecular weight excluding hydrogens is 427 g/mol. The molecule has 5 nitrogen and oxygen atoms in total. The maximum absolute atomic E-state index is 12.7. The summed E-state index contributed by atoms with van der Waals surface area (Å²) >= 11 is 0. The lowest BCUT2D eigenvalue weighted by Gasteiger charge is -2.37. The van der Waals surface area contributed by atoms with Gasteiger partial charge in [-0.25, -0.2) is 0 Å². The number of carbonyl (C=O) groups excluding carboxylic acids is 1. The number of guanidine groups is 1. The average Bonchev–Trinajstić information content (AvgIpc) is 2.99. The molecule has 0 aromatic rings. The van der Waals surface area contributed by atoms with Crippen molar-refractivity contribution < 1.29 is 4.79 Å². The molecule has 0 aromatic carbocycles. The Morgan fingerprint density at radius 3 is 2.24 bits per heavy atom. The number of hydrogen-bond acceptors (Lipinski definition) is 2. The van der Waals surface area contributed by atoms with E-state index in [1.54, 1.807) is 4.90 Å². The molecule has 1 N–H and O–H groups in total. The zero-order valence-corrected chi connectivity index (χ0v) is 19.0. The standard InChI is InChI=1S/C19H36N4O.HI/c1-6-20-18(23-12-15(2)11-16(3)13-23)21-14-19(9-7-8-10-19)17(24)22(4)5;/h15-16H,6-14H2,1-5H3,(H,20,21);1H. The van der Waals surface area contributed by atoms with E-state index in [0.717, 1.165) is 51.3 Å². The molecule has 1 aliphatic carbocycles.